The first-order valence-corrected chi connectivity index (χ1v) is 9.42. The molecule has 0 unspecified atom stereocenters. The molecule has 0 radical (unpaired) electrons. The van der Waals surface area contributed by atoms with Gasteiger partial charge in [-0.15, -0.1) is 11.3 Å². The smallest absolute Gasteiger partial charge is 0.350 e. The van der Waals surface area contributed by atoms with Gasteiger partial charge in [0.2, 0.25) is 0 Å². The van der Waals surface area contributed by atoms with Crippen molar-refractivity contribution in [2.24, 2.45) is 5.92 Å². The Hall–Kier alpha value is -1.28. The fourth-order valence-electron chi connectivity index (χ4n) is 2.44. The quantitative estimate of drug-likeness (QED) is 0.848. The van der Waals surface area contributed by atoms with Gasteiger partial charge in [0, 0.05) is 19.3 Å². The van der Waals surface area contributed by atoms with Crippen molar-refractivity contribution in [3.8, 4) is 0 Å². The summed E-state index contributed by atoms with van der Waals surface area (Å²) in [5.74, 6) is 0.0272. The number of hydrogen-bond acceptors (Lipinski definition) is 7. The topological polar surface area (TPSA) is 89.7 Å². The lowest BCUT2D eigenvalue weighted by molar-refractivity contribution is 0.0607. The van der Waals surface area contributed by atoms with Crippen molar-refractivity contribution < 1.29 is 17.9 Å². The zero-order valence-corrected chi connectivity index (χ0v) is 14.0. The molecule has 0 aromatic carbocycles. The molecule has 118 valence electrons. The van der Waals surface area contributed by atoms with Crippen LogP contribution in [0.2, 0.25) is 0 Å². The summed E-state index contributed by atoms with van der Waals surface area (Å²) in [5.41, 5.74) is 5.91. The van der Waals surface area contributed by atoms with Gasteiger partial charge in [0.05, 0.1) is 12.8 Å². The third kappa shape index (κ3) is 3.16. The molecule has 0 aliphatic carbocycles. The standard InChI is InChI=1S/C13H20N2O4S2/c1-8-4-6-15(7-5-8)12-11(21(3,17)18)9(14)10(20-12)13(16)19-2/h8H,4-7,14H2,1-3H3. The molecule has 1 saturated heterocycles. The number of anilines is 2. The lowest BCUT2D eigenvalue weighted by Gasteiger charge is -2.31. The van der Waals surface area contributed by atoms with Gasteiger partial charge in [0.15, 0.2) is 9.84 Å². The Morgan fingerprint density at radius 1 is 1.38 bits per heavy atom. The Morgan fingerprint density at radius 2 is 1.95 bits per heavy atom. The van der Waals surface area contributed by atoms with E-state index < -0.39 is 15.8 Å². The van der Waals surface area contributed by atoms with E-state index in [2.05, 4.69) is 11.7 Å². The second-order valence-corrected chi connectivity index (χ2v) is 8.36. The summed E-state index contributed by atoms with van der Waals surface area (Å²) < 4.78 is 28.8. The molecule has 2 rings (SSSR count). The molecule has 0 amide bonds. The van der Waals surface area contributed by atoms with Gasteiger partial charge in [-0.2, -0.15) is 0 Å². The van der Waals surface area contributed by atoms with E-state index in [1.165, 1.54) is 7.11 Å². The monoisotopic (exact) mass is 332 g/mol. The highest BCUT2D eigenvalue weighted by atomic mass is 32.2. The van der Waals surface area contributed by atoms with Gasteiger partial charge >= 0.3 is 5.97 Å². The number of nitrogens with zero attached hydrogens (tertiary/aromatic N) is 1. The van der Waals surface area contributed by atoms with E-state index in [1.54, 1.807) is 0 Å². The van der Waals surface area contributed by atoms with Gasteiger partial charge in [-0.05, 0) is 18.8 Å². The van der Waals surface area contributed by atoms with E-state index in [4.69, 9.17) is 5.73 Å². The summed E-state index contributed by atoms with van der Waals surface area (Å²) in [7, 11) is -2.26. The minimum Gasteiger partial charge on any atom is -0.465 e. The summed E-state index contributed by atoms with van der Waals surface area (Å²) in [6.07, 6.45) is 3.10. The first-order valence-electron chi connectivity index (χ1n) is 6.71. The van der Waals surface area contributed by atoms with Crippen LogP contribution in [-0.2, 0) is 14.6 Å². The van der Waals surface area contributed by atoms with E-state index in [0.717, 1.165) is 43.5 Å². The molecule has 1 aliphatic rings. The SMILES string of the molecule is COC(=O)c1sc(N2CCC(C)CC2)c(S(C)(=O)=O)c1N. The Labute approximate surface area is 128 Å². The fraction of sp³-hybridized carbons (Fsp3) is 0.615. The van der Waals surface area contributed by atoms with Gasteiger partial charge < -0.3 is 15.4 Å². The molecule has 0 atom stereocenters. The number of piperidine rings is 1. The molecule has 1 aromatic rings. The van der Waals surface area contributed by atoms with Gasteiger partial charge in [-0.25, -0.2) is 13.2 Å². The number of hydrogen-bond donors (Lipinski definition) is 1. The highest BCUT2D eigenvalue weighted by Crippen LogP contribution is 2.42. The van der Waals surface area contributed by atoms with Crippen LogP contribution in [-0.4, -0.2) is 40.8 Å². The Kier molecular flexibility index (Phi) is 4.48. The van der Waals surface area contributed by atoms with E-state index in [9.17, 15) is 13.2 Å². The third-order valence-corrected chi connectivity index (χ3v) is 6.23. The summed E-state index contributed by atoms with van der Waals surface area (Å²) in [4.78, 5) is 14.0. The maximum Gasteiger partial charge on any atom is 0.350 e. The average molecular weight is 332 g/mol. The lowest BCUT2D eigenvalue weighted by Crippen LogP contribution is -2.33. The maximum atomic E-state index is 12.1. The fourth-order valence-corrected chi connectivity index (χ4v) is 5.12. The molecule has 21 heavy (non-hydrogen) atoms. The number of rotatable bonds is 3. The number of carbonyl (C=O) groups is 1. The molecule has 6 nitrogen and oxygen atoms in total. The Bertz CT molecular complexity index is 643. The number of nitrogen functional groups attached to an aromatic ring is 1. The van der Waals surface area contributed by atoms with Crippen molar-refractivity contribution in [1.82, 2.24) is 0 Å². The number of sulfone groups is 1. The van der Waals surface area contributed by atoms with Crippen molar-refractivity contribution in [1.29, 1.82) is 0 Å². The van der Waals surface area contributed by atoms with Gasteiger partial charge in [0.1, 0.15) is 14.8 Å². The van der Waals surface area contributed by atoms with Crippen LogP contribution < -0.4 is 10.6 Å². The second-order valence-electron chi connectivity index (χ2n) is 5.41. The molecule has 2 N–H and O–H groups in total. The minimum absolute atomic E-state index is 0.00275. The zero-order valence-electron chi connectivity index (χ0n) is 12.4. The Morgan fingerprint density at radius 3 is 2.43 bits per heavy atom. The third-order valence-electron chi connectivity index (χ3n) is 3.69. The summed E-state index contributed by atoms with van der Waals surface area (Å²) in [6.45, 7) is 3.71. The van der Waals surface area contributed by atoms with Crippen LogP contribution in [0.25, 0.3) is 0 Å². The summed E-state index contributed by atoms with van der Waals surface area (Å²) in [5, 5.41) is 0.558. The van der Waals surface area contributed by atoms with E-state index >= 15 is 0 Å². The molecule has 2 heterocycles. The van der Waals surface area contributed by atoms with Crippen LogP contribution in [0, 0.1) is 5.92 Å². The van der Waals surface area contributed by atoms with Gasteiger partial charge in [-0.3, -0.25) is 0 Å². The summed E-state index contributed by atoms with van der Waals surface area (Å²) >= 11 is 1.10. The Balaban J connectivity index is 2.51. The van der Waals surface area contributed by atoms with Crippen molar-refractivity contribution in [3.63, 3.8) is 0 Å². The predicted molar refractivity (Wildman–Crippen MR) is 83.8 cm³/mol. The van der Waals surface area contributed by atoms with Gasteiger partial charge in [-0.1, -0.05) is 6.92 Å². The molecule has 1 fully saturated rings. The van der Waals surface area contributed by atoms with Crippen molar-refractivity contribution in [3.05, 3.63) is 4.88 Å². The number of methoxy groups -OCH3 is 1. The van der Waals surface area contributed by atoms with Crippen LogP contribution >= 0.6 is 11.3 Å². The molecule has 0 bridgehead atoms. The van der Waals surface area contributed by atoms with Crippen LogP contribution in [0.3, 0.4) is 0 Å². The molecule has 0 saturated carbocycles. The molecule has 1 aromatic heterocycles. The molecule has 0 spiro atoms. The minimum atomic E-state index is -3.51. The van der Waals surface area contributed by atoms with Crippen LogP contribution in [0.15, 0.2) is 4.90 Å². The molecule has 8 heteroatoms. The molecule has 1 aliphatic heterocycles. The van der Waals surface area contributed by atoms with Crippen molar-refractivity contribution in [2.75, 3.05) is 37.1 Å². The highest BCUT2D eigenvalue weighted by Gasteiger charge is 2.31. The van der Waals surface area contributed by atoms with E-state index in [-0.39, 0.29) is 15.5 Å². The molecular formula is C13H20N2O4S2. The summed E-state index contributed by atoms with van der Waals surface area (Å²) in [6, 6.07) is 0. The number of ether oxygens (including phenoxy) is 1. The molecular weight excluding hydrogens is 312 g/mol. The van der Waals surface area contributed by atoms with Crippen LogP contribution in [0.5, 0.6) is 0 Å². The number of thiophene rings is 1. The largest absolute Gasteiger partial charge is 0.465 e. The normalized spacial score (nSPS) is 17.0. The number of esters is 1. The van der Waals surface area contributed by atoms with Crippen molar-refractivity contribution in [2.45, 2.75) is 24.7 Å². The van der Waals surface area contributed by atoms with Crippen molar-refractivity contribution >= 4 is 37.8 Å². The van der Waals surface area contributed by atoms with E-state index in [0.29, 0.717) is 10.9 Å². The van der Waals surface area contributed by atoms with Crippen LogP contribution in [0.4, 0.5) is 10.7 Å². The maximum absolute atomic E-state index is 12.1. The first kappa shape index (κ1) is 16.1. The van der Waals surface area contributed by atoms with Gasteiger partial charge in [0.25, 0.3) is 0 Å². The average Bonchev–Trinajstić information content (AvgIpc) is 2.76. The highest BCUT2D eigenvalue weighted by molar-refractivity contribution is 7.91. The first-order chi connectivity index (χ1) is 9.75. The number of nitrogens with two attached hydrogens (primary N) is 1. The predicted octanol–water partition coefficient (Wildman–Crippen LogP) is 1.76. The number of carbonyl (C=O) groups excluding carboxylic acids is 1. The second kappa shape index (κ2) is 5.84. The zero-order chi connectivity index (χ0) is 15.8. The van der Waals surface area contributed by atoms with Crippen LogP contribution in [0.1, 0.15) is 29.4 Å². The van der Waals surface area contributed by atoms with E-state index in [1.807, 2.05) is 4.90 Å². The lowest BCUT2D eigenvalue weighted by atomic mass is 9.99.